The van der Waals surface area contributed by atoms with Crippen molar-refractivity contribution in [1.82, 2.24) is 0 Å². The molecule has 13 heavy (non-hydrogen) atoms. The van der Waals surface area contributed by atoms with Crippen LogP contribution in [0.2, 0.25) is 0 Å². The molecule has 0 saturated carbocycles. The Bertz CT molecular complexity index is 321. The zero-order valence-corrected chi connectivity index (χ0v) is 7.18. The third-order valence-electron chi connectivity index (χ3n) is 1.31. The predicted molar refractivity (Wildman–Crippen MR) is 48.1 cm³/mol. The maximum atomic E-state index is 12.6. The average molecular weight is 208 g/mol. The van der Waals surface area contributed by atoms with Gasteiger partial charge < -0.3 is 5.43 Å². The van der Waals surface area contributed by atoms with Crippen molar-refractivity contribution in [2.45, 2.75) is 0 Å². The molecule has 72 valence electrons. The molecule has 0 amide bonds. The number of hydrogen-bond donors (Lipinski definition) is 2. The number of nitrogens with two attached hydrogens (primary N) is 1. The van der Waals surface area contributed by atoms with Crippen LogP contribution in [-0.4, -0.2) is 4.92 Å². The molecular weight excluding hydrogens is 201 g/mol. The first-order chi connectivity index (χ1) is 5.65. The van der Waals surface area contributed by atoms with Gasteiger partial charge in [0.05, 0.1) is 10.6 Å². The first kappa shape index (κ1) is 11.6. The second kappa shape index (κ2) is 4.58. The number of hydrogen-bond acceptors (Lipinski definition) is 4. The number of halogens is 2. The van der Waals surface area contributed by atoms with Gasteiger partial charge in [-0.25, -0.2) is 0 Å². The fourth-order valence-electron chi connectivity index (χ4n) is 0.742. The minimum Gasteiger partial charge on any atom is -0.324 e. The van der Waals surface area contributed by atoms with Gasteiger partial charge in [0.2, 0.25) is 5.82 Å². The maximum Gasteiger partial charge on any atom is 0.306 e. The lowest BCUT2D eigenvalue weighted by molar-refractivity contribution is -0.387. The van der Waals surface area contributed by atoms with Gasteiger partial charge in [0, 0.05) is 6.07 Å². The summed E-state index contributed by atoms with van der Waals surface area (Å²) in [4.78, 5) is 9.38. The summed E-state index contributed by atoms with van der Waals surface area (Å²) in [5, 5.41) is 10.2. The van der Waals surface area contributed by atoms with Crippen LogP contribution >= 0.6 is 12.4 Å². The number of anilines is 1. The lowest BCUT2D eigenvalue weighted by Crippen LogP contribution is -2.07. The molecule has 0 unspecified atom stereocenters. The second-order valence-electron chi connectivity index (χ2n) is 2.07. The molecule has 0 fully saturated rings. The van der Waals surface area contributed by atoms with Crippen molar-refractivity contribution >= 4 is 23.8 Å². The normalized spacial score (nSPS) is 8.77. The lowest BCUT2D eigenvalue weighted by Gasteiger charge is -1.98. The van der Waals surface area contributed by atoms with E-state index < -0.39 is 16.4 Å². The van der Waals surface area contributed by atoms with E-state index in [9.17, 15) is 14.5 Å². The van der Waals surface area contributed by atoms with Gasteiger partial charge in [-0.15, -0.1) is 12.4 Å². The van der Waals surface area contributed by atoms with Crippen LogP contribution in [0.1, 0.15) is 0 Å². The number of nitro groups is 1. The molecule has 5 nitrogen and oxygen atoms in total. The number of benzene rings is 1. The highest BCUT2D eigenvalue weighted by atomic mass is 35.5. The summed E-state index contributed by atoms with van der Waals surface area (Å²) in [6, 6.07) is 3.31. The van der Waals surface area contributed by atoms with Crippen LogP contribution in [0.15, 0.2) is 18.2 Å². The molecule has 1 rings (SSSR count). The van der Waals surface area contributed by atoms with Crippen molar-refractivity contribution in [2.24, 2.45) is 5.84 Å². The molecule has 0 aliphatic heterocycles. The summed E-state index contributed by atoms with van der Waals surface area (Å²) in [6.07, 6.45) is 0. The van der Waals surface area contributed by atoms with E-state index in [1.54, 1.807) is 0 Å². The monoisotopic (exact) mass is 207 g/mol. The highest BCUT2D eigenvalue weighted by Crippen LogP contribution is 2.20. The SMILES string of the molecule is Cl.NNc1ccc(F)c([N+](=O)[O-])c1. The van der Waals surface area contributed by atoms with E-state index in [1.807, 2.05) is 0 Å². The summed E-state index contributed by atoms with van der Waals surface area (Å²) in [5.41, 5.74) is 1.88. The Morgan fingerprint density at radius 1 is 1.54 bits per heavy atom. The first-order valence-corrected chi connectivity index (χ1v) is 3.05. The van der Waals surface area contributed by atoms with Crippen LogP contribution in [0.25, 0.3) is 0 Å². The number of nitrogen functional groups attached to an aromatic ring is 1. The number of nitro benzene ring substituents is 1. The van der Waals surface area contributed by atoms with Crippen LogP contribution in [0, 0.1) is 15.9 Å². The quantitative estimate of drug-likeness (QED) is 0.437. The largest absolute Gasteiger partial charge is 0.324 e. The van der Waals surface area contributed by atoms with E-state index >= 15 is 0 Å². The van der Waals surface area contributed by atoms with Crippen LogP contribution in [0.3, 0.4) is 0 Å². The molecule has 0 radical (unpaired) electrons. The smallest absolute Gasteiger partial charge is 0.306 e. The molecule has 0 spiro atoms. The first-order valence-electron chi connectivity index (χ1n) is 3.05. The van der Waals surface area contributed by atoms with Crippen molar-refractivity contribution in [1.29, 1.82) is 0 Å². The Kier molecular flexibility index (Phi) is 4.09. The van der Waals surface area contributed by atoms with Gasteiger partial charge >= 0.3 is 5.69 Å². The molecule has 0 heterocycles. The van der Waals surface area contributed by atoms with Crippen molar-refractivity contribution in [3.8, 4) is 0 Å². The highest BCUT2D eigenvalue weighted by Gasteiger charge is 2.13. The molecule has 0 aliphatic carbocycles. The van der Waals surface area contributed by atoms with E-state index in [4.69, 9.17) is 5.84 Å². The van der Waals surface area contributed by atoms with Gasteiger partial charge in [-0.05, 0) is 12.1 Å². The zero-order valence-electron chi connectivity index (χ0n) is 6.36. The van der Waals surface area contributed by atoms with Crippen LogP contribution in [-0.2, 0) is 0 Å². The van der Waals surface area contributed by atoms with Crippen molar-refractivity contribution < 1.29 is 9.31 Å². The Labute approximate surface area is 79.3 Å². The van der Waals surface area contributed by atoms with E-state index in [2.05, 4.69) is 5.43 Å². The van der Waals surface area contributed by atoms with E-state index in [-0.39, 0.29) is 12.4 Å². The van der Waals surface area contributed by atoms with E-state index in [1.165, 1.54) is 6.07 Å². The molecule has 3 N–H and O–H groups in total. The predicted octanol–water partition coefficient (Wildman–Crippen LogP) is 1.44. The lowest BCUT2D eigenvalue weighted by atomic mass is 10.3. The van der Waals surface area contributed by atoms with E-state index in [0.29, 0.717) is 5.69 Å². The average Bonchev–Trinajstić information content (AvgIpc) is 2.05. The Hall–Kier alpha value is -1.40. The number of nitrogens with zero attached hydrogens (tertiary/aromatic N) is 1. The van der Waals surface area contributed by atoms with Crippen molar-refractivity contribution in [3.05, 3.63) is 34.1 Å². The molecule has 0 saturated heterocycles. The molecule has 1 aromatic carbocycles. The van der Waals surface area contributed by atoms with Crippen molar-refractivity contribution in [2.75, 3.05) is 5.43 Å². The Morgan fingerprint density at radius 2 is 2.15 bits per heavy atom. The molecule has 1 aromatic rings. The van der Waals surface area contributed by atoms with Crippen LogP contribution < -0.4 is 11.3 Å². The fourth-order valence-corrected chi connectivity index (χ4v) is 0.742. The molecule has 0 aliphatic rings. The number of rotatable bonds is 2. The molecule has 0 aromatic heterocycles. The highest BCUT2D eigenvalue weighted by molar-refractivity contribution is 5.85. The van der Waals surface area contributed by atoms with Gasteiger partial charge in [0.15, 0.2) is 0 Å². The molecule has 0 atom stereocenters. The van der Waals surface area contributed by atoms with Gasteiger partial charge in [-0.2, -0.15) is 4.39 Å². The third kappa shape index (κ3) is 2.53. The molecular formula is C6H7ClFN3O2. The fraction of sp³-hybridized carbons (Fsp3) is 0. The van der Waals surface area contributed by atoms with Gasteiger partial charge in [0.1, 0.15) is 0 Å². The summed E-state index contributed by atoms with van der Waals surface area (Å²) in [6.45, 7) is 0. The minimum atomic E-state index is -0.876. The molecule has 0 bridgehead atoms. The molecule has 7 heteroatoms. The van der Waals surface area contributed by atoms with Crippen LogP contribution in [0.5, 0.6) is 0 Å². The summed E-state index contributed by atoms with van der Waals surface area (Å²) >= 11 is 0. The van der Waals surface area contributed by atoms with Crippen LogP contribution in [0.4, 0.5) is 15.8 Å². The minimum absolute atomic E-state index is 0. The Morgan fingerprint density at radius 3 is 2.62 bits per heavy atom. The number of hydrazine groups is 1. The number of nitrogens with one attached hydrogen (secondary N) is 1. The zero-order chi connectivity index (χ0) is 9.14. The summed E-state index contributed by atoms with van der Waals surface area (Å²) in [7, 11) is 0. The third-order valence-corrected chi connectivity index (χ3v) is 1.31. The summed E-state index contributed by atoms with van der Waals surface area (Å²) in [5.74, 6) is 4.10. The topological polar surface area (TPSA) is 81.2 Å². The summed E-state index contributed by atoms with van der Waals surface area (Å²) < 4.78 is 12.6. The van der Waals surface area contributed by atoms with E-state index in [0.717, 1.165) is 12.1 Å². The standard InChI is InChI=1S/C6H6FN3O2.ClH/c7-5-2-1-4(9-8)3-6(5)10(11)12;/h1-3,9H,8H2;1H. The maximum absolute atomic E-state index is 12.6. The van der Waals surface area contributed by atoms with Gasteiger partial charge in [0.25, 0.3) is 0 Å². The second-order valence-corrected chi connectivity index (χ2v) is 2.07. The van der Waals surface area contributed by atoms with Crippen molar-refractivity contribution in [3.63, 3.8) is 0 Å². The Balaban J connectivity index is 0.00000144. The van der Waals surface area contributed by atoms with Gasteiger partial charge in [-0.1, -0.05) is 0 Å². The van der Waals surface area contributed by atoms with Gasteiger partial charge in [-0.3, -0.25) is 16.0 Å².